The second-order valence-corrected chi connectivity index (χ2v) is 2.93. The van der Waals surface area contributed by atoms with Gasteiger partial charge in [-0.1, -0.05) is 11.6 Å². The molecule has 0 aromatic heterocycles. The SMILES string of the molecule is [N-]=[N+]=CC(=O)c1c(F)c(F)c(F)c(Cl)c1F. The maximum absolute atomic E-state index is 13.1. The average molecular weight is 253 g/mol. The van der Waals surface area contributed by atoms with E-state index in [9.17, 15) is 22.4 Å². The molecule has 1 aromatic carbocycles. The van der Waals surface area contributed by atoms with Crippen molar-refractivity contribution in [2.24, 2.45) is 0 Å². The fourth-order valence-electron chi connectivity index (χ4n) is 0.938. The molecule has 0 unspecified atom stereocenters. The predicted molar refractivity (Wildman–Crippen MR) is 45.3 cm³/mol. The van der Waals surface area contributed by atoms with Crippen molar-refractivity contribution in [3.8, 4) is 0 Å². The van der Waals surface area contributed by atoms with Gasteiger partial charge < -0.3 is 5.53 Å². The van der Waals surface area contributed by atoms with Crippen molar-refractivity contribution in [1.82, 2.24) is 0 Å². The maximum atomic E-state index is 13.1. The van der Waals surface area contributed by atoms with Crippen LogP contribution in [0.5, 0.6) is 0 Å². The van der Waals surface area contributed by atoms with Gasteiger partial charge in [-0.2, -0.15) is 4.79 Å². The molecule has 0 saturated carbocycles. The number of halogens is 5. The normalized spacial score (nSPS) is 9.81. The average Bonchev–Trinajstić information content (AvgIpc) is 2.24. The Morgan fingerprint density at radius 1 is 1.12 bits per heavy atom. The first kappa shape index (κ1) is 12.4. The van der Waals surface area contributed by atoms with Crippen molar-refractivity contribution < 1.29 is 27.1 Å². The first-order chi connectivity index (χ1) is 7.41. The Kier molecular flexibility index (Phi) is 3.41. The summed E-state index contributed by atoms with van der Waals surface area (Å²) in [6.45, 7) is 0. The minimum atomic E-state index is -2.08. The van der Waals surface area contributed by atoms with E-state index in [4.69, 9.17) is 17.1 Å². The van der Waals surface area contributed by atoms with E-state index in [0.717, 1.165) is 0 Å². The zero-order valence-electron chi connectivity index (χ0n) is 7.27. The molecule has 1 aromatic rings. The quantitative estimate of drug-likeness (QED) is 0.152. The smallest absolute Gasteiger partial charge is 0.328 e. The molecule has 16 heavy (non-hydrogen) atoms. The Labute approximate surface area is 90.9 Å². The summed E-state index contributed by atoms with van der Waals surface area (Å²) in [7, 11) is 0. The van der Waals surface area contributed by atoms with Gasteiger partial charge in [-0.05, 0) is 0 Å². The van der Waals surface area contributed by atoms with Crippen LogP contribution in [-0.4, -0.2) is 16.8 Å². The molecule has 0 aliphatic carbocycles. The number of nitrogens with zero attached hydrogens (tertiary/aromatic N) is 2. The third kappa shape index (κ3) is 1.82. The van der Waals surface area contributed by atoms with E-state index < -0.39 is 39.6 Å². The topological polar surface area (TPSA) is 53.5 Å². The minimum Gasteiger partial charge on any atom is -0.361 e. The number of Topliss-reactive ketones (excluding diaryl/α,β-unsaturated/α-hetero) is 1. The van der Waals surface area contributed by atoms with Gasteiger partial charge >= 0.3 is 6.21 Å². The van der Waals surface area contributed by atoms with Crippen LogP contribution < -0.4 is 0 Å². The lowest BCUT2D eigenvalue weighted by Gasteiger charge is -2.04. The number of hydrogen-bond acceptors (Lipinski definition) is 1. The van der Waals surface area contributed by atoms with Gasteiger partial charge in [0.25, 0.3) is 5.78 Å². The van der Waals surface area contributed by atoms with Crippen LogP contribution in [-0.2, 0) is 0 Å². The Morgan fingerprint density at radius 2 is 1.69 bits per heavy atom. The molecule has 0 bridgehead atoms. The molecule has 0 amide bonds. The lowest BCUT2D eigenvalue weighted by molar-refractivity contribution is 0.00224. The second kappa shape index (κ2) is 4.42. The molecule has 0 saturated heterocycles. The Bertz CT molecular complexity index is 496. The van der Waals surface area contributed by atoms with Crippen LogP contribution in [0.25, 0.3) is 5.53 Å². The predicted octanol–water partition coefficient (Wildman–Crippen LogP) is 2.38. The van der Waals surface area contributed by atoms with E-state index in [1.54, 1.807) is 0 Å². The van der Waals surface area contributed by atoms with Crippen LogP contribution in [0, 0.1) is 23.3 Å². The molecule has 0 N–H and O–H groups in total. The van der Waals surface area contributed by atoms with Crippen LogP contribution in [0.3, 0.4) is 0 Å². The number of rotatable bonds is 2. The summed E-state index contributed by atoms with van der Waals surface area (Å²) in [4.78, 5) is 13.2. The van der Waals surface area contributed by atoms with E-state index in [0.29, 0.717) is 0 Å². The minimum absolute atomic E-state index is 0.120. The molecule has 0 aliphatic rings. The summed E-state index contributed by atoms with van der Waals surface area (Å²) < 4.78 is 51.6. The van der Waals surface area contributed by atoms with E-state index in [2.05, 4.69) is 4.79 Å². The van der Waals surface area contributed by atoms with Gasteiger partial charge in [0.15, 0.2) is 23.3 Å². The summed E-state index contributed by atoms with van der Waals surface area (Å²) in [5.41, 5.74) is 6.55. The van der Waals surface area contributed by atoms with Crippen molar-refractivity contribution >= 4 is 23.6 Å². The van der Waals surface area contributed by atoms with Crippen LogP contribution in [0.4, 0.5) is 17.6 Å². The van der Waals surface area contributed by atoms with E-state index in [1.165, 1.54) is 0 Å². The molecule has 0 heterocycles. The molecule has 3 nitrogen and oxygen atoms in total. The van der Waals surface area contributed by atoms with Gasteiger partial charge in [-0.25, -0.2) is 17.6 Å². The number of carbonyl (C=O) groups is 1. The third-order valence-electron chi connectivity index (χ3n) is 1.63. The summed E-state index contributed by atoms with van der Waals surface area (Å²) in [6.07, 6.45) is 0.120. The fourth-order valence-corrected chi connectivity index (χ4v) is 1.12. The Balaban J connectivity index is 3.64. The summed E-state index contributed by atoms with van der Waals surface area (Å²) >= 11 is 4.99. The molecule has 84 valence electrons. The lowest BCUT2D eigenvalue weighted by atomic mass is 10.1. The third-order valence-corrected chi connectivity index (χ3v) is 1.96. The zero-order valence-corrected chi connectivity index (χ0v) is 8.03. The van der Waals surface area contributed by atoms with Crippen LogP contribution >= 0.6 is 11.6 Å². The van der Waals surface area contributed by atoms with Gasteiger partial charge in [0.05, 0.1) is 0 Å². The molecule has 0 radical (unpaired) electrons. The van der Waals surface area contributed by atoms with Gasteiger partial charge in [-0.3, -0.25) is 4.79 Å². The number of ketones is 1. The maximum Gasteiger partial charge on any atom is 0.328 e. The molecular formula is C8HClF4N2O. The van der Waals surface area contributed by atoms with Crippen LogP contribution in [0.15, 0.2) is 0 Å². The first-order valence-corrected chi connectivity index (χ1v) is 4.02. The fraction of sp³-hybridized carbons (Fsp3) is 0. The van der Waals surface area contributed by atoms with Gasteiger partial charge in [0.2, 0.25) is 0 Å². The van der Waals surface area contributed by atoms with Gasteiger partial charge in [0, 0.05) is 0 Å². The largest absolute Gasteiger partial charge is 0.361 e. The summed E-state index contributed by atoms with van der Waals surface area (Å²) in [5, 5.41) is -1.35. The van der Waals surface area contributed by atoms with E-state index >= 15 is 0 Å². The highest BCUT2D eigenvalue weighted by Crippen LogP contribution is 2.27. The first-order valence-electron chi connectivity index (χ1n) is 3.65. The number of carbonyl (C=O) groups excluding carboxylic acids is 1. The summed E-state index contributed by atoms with van der Waals surface area (Å²) in [6, 6.07) is 0. The second-order valence-electron chi connectivity index (χ2n) is 2.55. The van der Waals surface area contributed by atoms with E-state index in [1.807, 2.05) is 0 Å². The Morgan fingerprint density at radius 3 is 2.19 bits per heavy atom. The molecule has 0 aliphatic heterocycles. The monoisotopic (exact) mass is 252 g/mol. The van der Waals surface area contributed by atoms with Gasteiger partial charge in [-0.15, -0.1) is 0 Å². The summed E-state index contributed by atoms with van der Waals surface area (Å²) in [5.74, 6) is -9.30. The van der Waals surface area contributed by atoms with Gasteiger partial charge in [0.1, 0.15) is 10.6 Å². The number of benzene rings is 1. The molecule has 8 heteroatoms. The van der Waals surface area contributed by atoms with Crippen LogP contribution in [0.1, 0.15) is 10.4 Å². The van der Waals surface area contributed by atoms with Crippen molar-refractivity contribution in [2.45, 2.75) is 0 Å². The van der Waals surface area contributed by atoms with Crippen molar-refractivity contribution in [2.75, 3.05) is 0 Å². The van der Waals surface area contributed by atoms with Crippen molar-refractivity contribution in [3.05, 3.63) is 39.4 Å². The highest BCUT2D eigenvalue weighted by atomic mass is 35.5. The molecule has 0 atom stereocenters. The lowest BCUT2D eigenvalue weighted by Crippen LogP contribution is -2.12. The highest BCUT2D eigenvalue weighted by molar-refractivity contribution is 6.35. The molecule has 0 spiro atoms. The van der Waals surface area contributed by atoms with E-state index in [-0.39, 0.29) is 6.21 Å². The van der Waals surface area contributed by atoms with Crippen molar-refractivity contribution in [1.29, 1.82) is 0 Å². The highest BCUT2D eigenvalue weighted by Gasteiger charge is 2.29. The van der Waals surface area contributed by atoms with Crippen molar-refractivity contribution in [3.63, 3.8) is 0 Å². The Hall–Kier alpha value is -1.72. The zero-order chi connectivity index (χ0) is 12.5. The molecule has 1 rings (SSSR count). The molecular weight excluding hydrogens is 252 g/mol. The molecule has 0 fully saturated rings. The van der Waals surface area contributed by atoms with Crippen LogP contribution in [0.2, 0.25) is 5.02 Å². The number of hydrogen-bond donors (Lipinski definition) is 0. The standard InChI is InChI=1S/C8HClF4N2O/c9-4-5(10)3(2(16)1-15-14)6(11)8(13)7(4)12/h1H.